The molecule has 0 aromatic heterocycles. The van der Waals surface area contributed by atoms with Crippen LogP contribution in [0.15, 0.2) is 24.3 Å². The molecule has 0 fully saturated rings. The minimum absolute atomic E-state index is 0.404. The molecule has 3 nitrogen and oxygen atoms in total. The van der Waals surface area contributed by atoms with Crippen molar-refractivity contribution in [1.82, 2.24) is 0 Å². The summed E-state index contributed by atoms with van der Waals surface area (Å²) in [6.45, 7) is 4.10. The molecule has 3 unspecified atom stereocenters. The molecule has 0 rings (SSSR count). The monoisotopic (exact) mass is 284 g/mol. The highest BCUT2D eigenvalue weighted by molar-refractivity contribution is 5.05. The molecule has 0 aromatic rings. The lowest BCUT2D eigenvalue weighted by atomic mass is 10.0. The Kier molecular flexibility index (Phi) is 12.9. The van der Waals surface area contributed by atoms with Crippen molar-refractivity contribution in [2.75, 3.05) is 0 Å². The van der Waals surface area contributed by atoms with Crippen LogP contribution in [0.1, 0.15) is 65.2 Å². The van der Waals surface area contributed by atoms with Gasteiger partial charge in [0.25, 0.3) is 0 Å². The lowest BCUT2D eigenvalue weighted by Gasteiger charge is -2.16. The Bertz CT molecular complexity index is 261. The van der Waals surface area contributed by atoms with Crippen molar-refractivity contribution in [3.63, 3.8) is 0 Å². The fourth-order valence-electron chi connectivity index (χ4n) is 1.93. The summed E-state index contributed by atoms with van der Waals surface area (Å²) in [7, 11) is 0. The summed E-state index contributed by atoms with van der Waals surface area (Å²) in [6, 6.07) is 0. The van der Waals surface area contributed by atoms with Crippen LogP contribution in [0.2, 0.25) is 0 Å². The van der Waals surface area contributed by atoms with Crippen molar-refractivity contribution in [2.24, 2.45) is 0 Å². The van der Waals surface area contributed by atoms with Gasteiger partial charge < -0.3 is 15.3 Å². The van der Waals surface area contributed by atoms with E-state index >= 15 is 0 Å². The number of hydrogen-bond acceptors (Lipinski definition) is 3. The van der Waals surface area contributed by atoms with Crippen LogP contribution in [-0.4, -0.2) is 33.6 Å². The van der Waals surface area contributed by atoms with E-state index in [2.05, 4.69) is 6.92 Å². The molecule has 3 heteroatoms. The van der Waals surface area contributed by atoms with Crippen molar-refractivity contribution in [3.8, 4) is 0 Å². The van der Waals surface area contributed by atoms with Gasteiger partial charge in [-0.05, 0) is 19.3 Å². The molecule has 0 heterocycles. The first-order valence-electron chi connectivity index (χ1n) is 7.99. The molecule has 0 aliphatic carbocycles. The van der Waals surface area contributed by atoms with Gasteiger partial charge in [0.05, 0.1) is 18.3 Å². The van der Waals surface area contributed by atoms with Crippen molar-refractivity contribution in [2.45, 2.75) is 83.5 Å². The van der Waals surface area contributed by atoms with Crippen molar-refractivity contribution < 1.29 is 15.3 Å². The quantitative estimate of drug-likeness (QED) is 0.380. The Labute approximate surface area is 124 Å². The lowest BCUT2D eigenvalue weighted by molar-refractivity contribution is 0.0153. The number of aliphatic hydroxyl groups is 3. The van der Waals surface area contributed by atoms with Crippen LogP contribution < -0.4 is 0 Å². The molecule has 3 N–H and O–H groups in total. The van der Waals surface area contributed by atoms with Gasteiger partial charge in [-0.15, -0.1) is 0 Å². The second kappa shape index (κ2) is 13.3. The van der Waals surface area contributed by atoms with E-state index in [-0.39, 0.29) is 0 Å². The van der Waals surface area contributed by atoms with E-state index in [1.54, 1.807) is 18.2 Å². The van der Waals surface area contributed by atoms with Crippen LogP contribution in [0.4, 0.5) is 0 Å². The zero-order chi connectivity index (χ0) is 15.2. The highest BCUT2D eigenvalue weighted by Gasteiger charge is 2.13. The van der Waals surface area contributed by atoms with Crippen LogP contribution in [0.5, 0.6) is 0 Å². The van der Waals surface area contributed by atoms with Gasteiger partial charge in [0.15, 0.2) is 0 Å². The molecule has 0 bridgehead atoms. The maximum absolute atomic E-state index is 9.82. The minimum Gasteiger partial charge on any atom is -0.390 e. The molecular weight excluding hydrogens is 252 g/mol. The highest BCUT2D eigenvalue weighted by atomic mass is 16.3. The molecule has 118 valence electrons. The van der Waals surface area contributed by atoms with Crippen LogP contribution >= 0.6 is 0 Å². The Hall–Kier alpha value is -0.640. The third-order valence-corrected chi connectivity index (χ3v) is 3.42. The average Bonchev–Trinajstić information content (AvgIpc) is 2.45. The van der Waals surface area contributed by atoms with Crippen molar-refractivity contribution in [3.05, 3.63) is 24.3 Å². The third-order valence-electron chi connectivity index (χ3n) is 3.42. The summed E-state index contributed by atoms with van der Waals surface area (Å²) in [5, 5.41) is 28.9. The Balaban J connectivity index is 3.71. The van der Waals surface area contributed by atoms with Crippen molar-refractivity contribution in [1.29, 1.82) is 0 Å². The number of aliphatic hydroxyl groups excluding tert-OH is 3. The Morgan fingerprint density at radius 3 is 2.20 bits per heavy atom. The summed E-state index contributed by atoms with van der Waals surface area (Å²) in [6.07, 6.45) is 13.0. The van der Waals surface area contributed by atoms with Gasteiger partial charge in [0.2, 0.25) is 0 Å². The summed E-state index contributed by atoms with van der Waals surface area (Å²) < 4.78 is 0. The molecule has 0 spiro atoms. The second-order valence-corrected chi connectivity index (χ2v) is 5.36. The Morgan fingerprint density at radius 1 is 0.850 bits per heavy atom. The first-order valence-corrected chi connectivity index (χ1v) is 7.99. The lowest BCUT2D eigenvalue weighted by Crippen LogP contribution is -2.25. The predicted octanol–water partition coefficient (Wildman–Crippen LogP) is 3.34. The standard InChI is InChI=1S/C17H32O3/c1-3-5-6-7-10-13-16(19)17(20)14-11-8-9-12-15(18)4-2/h8-9,11-12,15-20H,3-7,10,13-14H2,1-2H3. The van der Waals surface area contributed by atoms with Crippen LogP contribution in [0.3, 0.4) is 0 Å². The van der Waals surface area contributed by atoms with E-state index < -0.39 is 18.3 Å². The SMILES string of the molecule is CCCCCCCC(O)C(O)CC=CC=CC(O)CC. The zero-order valence-electron chi connectivity index (χ0n) is 13.0. The van der Waals surface area contributed by atoms with Gasteiger partial charge in [0, 0.05) is 0 Å². The van der Waals surface area contributed by atoms with Crippen molar-refractivity contribution >= 4 is 0 Å². The second-order valence-electron chi connectivity index (χ2n) is 5.36. The molecule has 0 radical (unpaired) electrons. The summed E-state index contributed by atoms with van der Waals surface area (Å²) in [5.41, 5.74) is 0. The van der Waals surface area contributed by atoms with E-state index in [9.17, 15) is 15.3 Å². The van der Waals surface area contributed by atoms with E-state index in [0.717, 1.165) is 12.8 Å². The molecule has 0 aliphatic heterocycles. The highest BCUT2D eigenvalue weighted by Crippen LogP contribution is 2.11. The fraction of sp³-hybridized carbons (Fsp3) is 0.765. The topological polar surface area (TPSA) is 60.7 Å². The summed E-state index contributed by atoms with van der Waals surface area (Å²) in [5.74, 6) is 0. The minimum atomic E-state index is -0.693. The van der Waals surface area contributed by atoms with Crippen LogP contribution in [-0.2, 0) is 0 Å². The zero-order valence-corrected chi connectivity index (χ0v) is 13.0. The summed E-state index contributed by atoms with van der Waals surface area (Å²) >= 11 is 0. The van der Waals surface area contributed by atoms with E-state index in [0.29, 0.717) is 19.3 Å². The first-order chi connectivity index (χ1) is 9.61. The molecule has 3 atom stereocenters. The molecule has 0 saturated heterocycles. The molecule has 0 saturated carbocycles. The third kappa shape index (κ3) is 11.2. The van der Waals surface area contributed by atoms with E-state index in [4.69, 9.17) is 0 Å². The molecular formula is C17H32O3. The summed E-state index contributed by atoms with van der Waals surface area (Å²) in [4.78, 5) is 0. The predicted molar refractivity (Wildman–Crippen MR) is 84.6 cm³/mol. The van der Waals surface area contributed by atoms with E-state index in [1.807, 2.05) is 13.0 Å². The normalized spacial score (nSPS) is 16.9. The van der Waals surface area contributed by atoms with Crippen LogP contribution in [0, 0.1) is 0 Å². The maximum atomic E-state index is 9.82. The number of rotatable bonds is 12. The van der Waals surface area contributed by atoms with Gasteiger partial charge in [-0.2, -0.15) is 0 Å². The van der Waals surface area contributed by atoms with Crippen LogP contribution in [0.25, 0.3) is 0 Å². The number of allylic oxidation sites excluding steroid dienone is 2. The Morgan fingerprint density at radius 2 is 1.55 bits per heavy atom. The first kappa shape index (κ1) is 19.4. The smallest absolute Gasteiger partial charge is 0.0833 e. The molecule has 0 aliphatic rings. The van der Waals surface area contributed by atoms with Gasteiger partial charge >= 0.3 is 0 Å². The molecule has 0 amide bonds. The molecule has 20 heavy (non-hydrogen) atoms. The average molecular weight is 284 g/mol. The number of unbranched alkanes of at least 4 members (excludes halogenated alkanes) is 4. The number of hydrogen-bond donors (Lipinski definition) is 3. The van der Waals surface area contributed by atoms with Gasteiger partial charge in [-0.1, -0.05) is 70.3 Å². The van der Waals surface area contributed by atoms with E-state index in [1.165, 1.54) is 19.3 Å². The van der Waals surface area contributed by atoms with Gasteiger partial charge in [0.1, 0.15) is 0 Å². The molecule has 0 aromatic carbocycles. The van der Waals surface area contributed by atoms with Gasteiger partial charge in [-0.3, -0.25) is 0 Å². The largest absolute Gasteiger partial charge is 0.390 e. The van der Waals surface area contributed by atoms with Gasteiger partial charge in [-0.25, -0.2) is 0 Å². The maximum Gasteiger partial charge on any atom is 0.0833 e. The fourth-order valence-corrected chi connectivity index (χ4v) is 1.93.